The van der Waals surface area contributed by atoms with Gasteiger partial charge < -0.3 is 13.3 Å². The Bertz CT molecular complexity index is 2810. The van der Waals surface area contributed by atoms with Gasteiger partial charge in [0, 0.05) is 16.2 Å². The third kappa shape index (κ3) is 4.41. The Morgan fingerprint density at radius 1 is 0.596 bits per heavy atom. The smallest absolute Gasteiger partial charge is 0.347 e. The van der Waals surface area contributed by atoms with Gasteiger partial charge in [-0.1, -0.05) is 66.7 Å². The summed E-state index contributed by atoms with van der Waals surface area (Å²) in [5, 5.41) is 5.69. The van der Waals surface area contributed by atoms with Gasteiger partial charge in [0.05, 0.1) is 39.1 Å². The summed E-state index contributed by atoms with van der Waals surface area (Å²) in [5.41, 5.74) is 2.85. The lowest BCUT2D eigenvalue weighted by Gasteiger charge is -2.09. The Morgan fingerprint density at radius 2 is 1.28 bits per heavy atom. The third-order valence-corrected chi connectivity index (χ3v) is 9.68. The van der Waals surface area contributed by atoms with Crippen LogP contribution in [0, 0.1) is 6.92 Å². The average molecular weight is 631 g/mol. The SMILES string of the molecule is Cc1c(-c2ccc(-c3ccc(-c4cnc(-c5cc6ccc7ccccc7c6oc5=O)cn4)s3)o2)c(=O)oc2ccc3ccccc3c12. The summed E-state index contributed by atoms with van der Waals surface area (Å²) in [6, 6.07) is 32.9. The second-order valence-electron chi connectivity index (χ2n) is 11.3. The van der Waals surface area contributed by atoms with E-state index in [1.54, 1.807) is 24.5 Å². The third-order valence-electron chi connectivity index (χ3n) is 8.55. The molecule has 0 spiro atoms. The molecular formula is C39H22N2O5S. The molecule has 0 fully saturated rings. The normalized spacial score (nSPS) is 11.7. The minimum Gasteiger partial charge on any atom is -0.455 e. The van der Waals surface area contributed by atoms with E-state index in [1.807, 2.05) is 97.9 Å². The van der Waals surface area contributed by atoms with Crippen molar-refractivity contribution >= 4 is 54.8 Å². The van der Waals surface area contributed by atoms with E-state index >= 15 is 0 Å². The van der Waals surface area contributed by atoms with E-state index in [-0.39, 0.29) is 0 Å². The van der Waals surface area contributed by atoms with Gasteiger partial charge in [0.25, 0.3) is 0 Å². The van der Waals surface area contributed by atoms with Crippen LogP contribution in [0.25, 0.3) is 87.3 Å². The van der Waals surface area contributed by atoms with Crippen LogP contribution in [0.2, 0.25) is 0 Å². The molecule has 224 valence electrons. The maximum Gasteiger partial charge on any atom is 0.347 e. The molecule has 0 bridgehead atoms. The molecule has 0 radical (unpaired) electrons. The summed E-state index contributed by atoms with van der Waals surface area (Å²) in [7, 11) is 0. The molecular weight excluding hydrogens is 609 g/mol. The maximum absolute atomic E-state index is 13.1. The Labute approximate surface area is 270 Å². The number of hydrogen-bond acceptors (Lipinski definition) is 8. The number of aryl methyl sites for hydroxylation is 1. The average Bonchev–Trinajstić information content (AvgIpc) is 3.79. The monoisotopic (exact) mass is 630 g/mol. The van der Waals surface area contributed by atoms with Gasteiger partial charge in [-0.3, -0.25) is 9.97 Å². The molecule has 5 heterocycles. The summed E-state index contributed by atoms with van der Waals surface area (Å²) in [6.45, 7) is 1.93. The summed E-state index contributed by atoms with van der Waals surface area (Å²) >= 11 is 1.49. The van der Waals surface area contributed by atoms with Crippen LogP contribution in [-0.2, 0) is 0 Å². The number of fused-ring (bicyclic) bond motifs is 6. The first kappa shape index (κ1) is 27.2. The van der Waals surface area contributed by atoms with Crippen molar-refractivity contribution in [2.24, 2.45) is 0 Å². The van der Waals surface area contributed by atoms with Crippen LogP contribution >= 0.6 is 11.3 Å². The highest BCUT2D eigenvalue weighted by Crippen LogP contribution is 2.38. The van der Waals surface area contributed by atoms with E-state index in [0.29, 0.717) is 45.2 Å². The Balaban J connectivity index is 1.03. The quantitative estimate of drug-likeness (QED) is 0.141. The summed E-state index contributed by atoms with van der Waals surface area (Å²) in [6.07, 6.45) is 3.24. The van der Waals surface area contributed by atoms with Gasteiger partial charge in [0.15, 0.2) is 0 Å². The van der Waals surface area contributed by atoms with Crippen LogP contribution in [0.5, 0.6) is 0 Å². The Hall–Kier alpha value is -6.12. The standard InChI is InChI=1S/C39H22N2O5S/c1-21-35-25-8-4-2-6-22(25)12-13-31(35)45-39(43)36(21)32-15-14-30(44-32)34-17-16-33(47-34)29-20-40-28(19-41-29)27-18-24-11-10-23-7-3-5-9-26(23)37(24)46-38(27)42/h2-20H,1H3. The van der Waals surface area contributed by atoms with Gasteiger partial charge in [-0.2, -0.15) is 0 Å². The van der Waals surface area contributed by atoms with Gasteiger partial charge in [-0.15, -0.1) is 11.3 Å². The molecule has 0 aliphatic carbocycles. The van der Waals surface area contributed by atoms with E-state index in [1.165, 1.54) is 11.3 Å². The molecule has 9 rings (SSSR count). The number of furan rings is 1. The number of thiophene rings is 1. The number of hydrogen-bond donors (Lipinski definition) is 0. The largest absolute Gasteiger partial charge is 0.455 e. The van der Waals surface area contributed by atoms with Gasteiger partial charge in [-0.25, -0.2) is 9.59 Å². The topological polar surface area (TPSA) is 99.3 Å². The van der Waals surface area contributed by atoms with Crippen molar-refractivity contribution in [2.45, 2.75) is 6.92 Å². The highest BCUT2D eigenvalue weighted by atomic mass is 32.1. The van der Waals surface area contributed by atoms with Gasteiger partial charge in [-0.05, 0) is 65.0 Å². The zero-order chi connectivity index (χ0) is 31.6. The highest BCUT2D eigenvalue weighted by molar-refractivity contribution is 7.18. The van der Waals surface area contributed by atoms with Crippen LogP contribution in [0.4, 0.5) is 0 Å². The molecule has 5 aromatic heterocycles. The van der Waals surface area contributed by atoms with E-state index in [4.69, 9.17) is 13.3 Å². The lowest BCUT2D eigenvalue weighted by molar-refractivity contribution is 0.550. The first-order chi connectivity index (χ1) is 23.0. The van der Waals surface area contributed by atoms with Crippen LogP contribution < -0.4 is 11.3 Å². The van der Waals surface area contributed by atoms with Crippen molar-refractivity contribution in [3.05, 3.63) is 142 Å². The number of rotatable bonds is 4. The molecule has 8 heteroatoms. The molecule has 4 aromatic carbocycles. The molecule has 0 atom stereocenters. The van der Waals surface area contributed by atoms with E-state index in [0.717, 1.165) is 47.6 Å². The first-order valence-corrected chi connectivity index (χ1v) is 15.8. The fraction of sp³-hybridized carbons (Fsp3) is 0.0256. The predicted octanol–water partition coefficient (Wildman–Crippen LogP) is 9.63. The molecule has 9 aromatic rings. The summed E-state index contributed by atoms with van der Waals surface area (Å²) in [5.74, 6) is 1.07. The number of benzene rings is 4. The predicted molar refractivity (Wildman–Crippen MR) is 186 cm³/mol. The molecule has 0 aliphatic heterocycles. The van der Waals surface area contributed by atoms with Crippen molar-refractivity contribution in [3.63, 3.8) is 0 Å². The zero-order valence-electron chi connectivity index (χ0n) is 24.8. The second kappa shape index (κ2) is 10.5. The van der Waals surface area contributed by atoms with Crippen LogP contribution in [-0.4, -0.2) is 9.97 Å². The van der Waals surface area contributed by atoms with Gasteiger partial charge >= 0.3 is 11.3 Å². The van der Waals surface area contributed by atoms with Crippen LogP contribution in [0.15, 0.2) is 138 Å². The Kier molecular flexibility index (Phi) is 6.06. The Morgan fingerprint density at radius 3 is 2.11 bits per heavy atom. The first-order valence-electron chi connectivity index (χ1n) is 15.0. The van der Waals surface area contributed by atoms with Gasteiger partial charge in [0.1, 0.15) is 28.2 Å². The summed E-state index contributed by atoms with van der Waals surface area (Å²) in [4.78, 5) is 37.0. The molecule has 0 aliphatic rings. The lowest BCUT2D eigenvalue weighted by atomic mass is 9.99. The highest BCUT2D eigenvalue weighted by Gasteiger charge is 2.20. The lowest BCUT2D eigenvalue weighted by Crippen LogP contribution is -2.05. The fourth-order valence-electron chi connectivity index (χ4n) is 6.27. The minimum absolute atomic E-state index is 0.350. The number of aromatic nitrogens is 2. The van der Waals surface area contributed by atoms with E-state index < -0.39 is 11.3 Å². The van der Waals surface area contributed by atoms with Gasteiger partial charge in [0.2, 0.25) is 0 Å². The molecule has 47 heavy (non-hydrogen) atoms. The zero-order valence-corrected chi connectivity index (χ0v) is 25.6. The molecule has 0 saturated carbocycles. The molecule has 0 N–H and O–H groups in total. The summed E-state index contributed by atoms with van der Waals surface area (Å²) < 4.78 is 17.8. The van der Waals surface area contributed by atoms with Crippen molar-refractivity contribution in [1.29, 1.82) is 0 Å². The van der Waals surface area contributed by atoms with Crippen LogP contribution in [0.1, 0.15) is 5.56 Å². The van der Waals surface area contributed by atoms with E-state index in [2.05, 4.69) is 9.97 Å². The van der Waals surface area contributed by atoms with E-state index in [9.17, 15) is 9.59 Å². The maximum atomic E-state index is 13.1. The van der Waals surface area contributed by atoms with Crippen molar-refractivity contribution < 1.29 is 13.3 Å². The molecule has 0 saturated heterocycles. The van der Waals surface area contributed by atoms with Crippen molar-refractivity contribution in [1.82, 2.24) is 9.97 Å². The fourth-order valence-corrected chi connectivity index (χ4v) is 7.20. The molecule has 0 amide bonds. The van der Waals surface area contributed by atoms with Crippen LogP contribution in [0.3, 0.4) is 0 Å². The number of nitrogens with zero attached hydrogens (tertiary/aromatic N) is 2. The molecule has 0 unspecified atom stereocenters. The molecule has 7 nitrogen and oxygen atoms in total. The minimum atomic E-state index is -0.466. The van der Waals surface area contributed by atoms with Crippen molar-refractivity contribution in [2.75, 3.05) is 0 Å². The second-order valence-corrected chi connectivity index (χ2v) is 12.4. The van der Waals surface area contributed by atoms with Crippen molar-refractivity contribution in [3.8, 4) is 43.8 Å².